The van der Waals surface area contributed by atoms with Gasteiger partial charge in [-0.25, -0.2) is 13.1 Å². The highest BCUT2D eigenvalue weighted by molar-refractivity contribution is 9.10. The van der Waals surface area contributed by atoms with Crippen molar-refractivity contribution in [2.24, 2.45) is 0 Å². The Balaban J connectivity index is 2.86. The van der Waals surface area contributed by atoms with Crippen LogP contribution >= 0.6 is 15.9 Å². The van der Waals surface area contributed by atoms with Crippen molar-refractivity contribution in [3.63, 3.8) is 0 Å². The van der Waals surface area contributed by atoms with E-state index in [2.05, 4.69) is 20.7 Å². The third-order valence-electron chi connectivity index (χ3n) is 2.39. The molecule has 0 amide bonds. The summed E-state index contributed by atoms with van der Waals surface area (Å²) in [5.41, 5.74) is 0.929. The standard InChI is InChI=1S/C11H16BrNO3S/c1-3-11(13-17(14,15)8-12)9-4-6-10(16-2)7-5-9/h4-7,11,13H,3,8H2,1-2H3. The largest absolute Gasteiger partial charge is 0.497 e. The van der Waals surface area contributed by atoms with E-state index < -0.39 is 10.0 Å². The molecule has 6 heteroatoms. The van der Waals surface area contributed by atoms with E-state index in [1.807, 2.05) is 31.2 Å². The molecule has 1 aromatic rings. The van der Waals surface area contributed by atoms with Gasteiger partial charge in [0.15, 0.2) is 0 Å². The van der Waals surface area contributed by atoms with Crippen molar-refractivity contribution >= 4 is 26.0 Å². The molecule has 0 radical (unpaired) electrons. The number of rotatable bonds is 6. The fourth-order valence-corrected chi connectivity index (χ4v) is 2.67. The van der Waals surface area contributed by atoms with Crippen LogP contribution in [0.25, 0.3) is 0 Å². The van der Waals surface area contributed by atoms with Crippen LogP contribution in [0.1, 0.15) is 24.9 Å². The Morgan fingerprint density at radius 3 is 2.35 bits per heavy atom. The van der Waals surface area contributed by atoms with Gasteiger partial charge in [-0.3, -0.25) is 0 Å². The van der Waals surface area contributed by atoms with Crippen LogP contribution in [0.3, 0.4) is 0 Å². The number of ether oxygens (including phenoxy) is 1. The SMILES string of the molecule is CCC(NS(=O)(=O)CBr)c1ccc(OC)cc1. The summed E-state index contributed by atoms with van der Waals surface area (Å²) in [6.45, 7) is 1.94. The molecule has 0 fully saturated rings. The first-order valence-corrected chi connectivity index (χ1v) is 7.99. The summed E-state index contributed by atoms with van der Waals surface area (Å²) >= 11 is 2.95. The van der Waals surface area contributed by atoms with Gasteiger partial charge in [-0.15, -0.1) is 0 Å². The maximum absolute atomic E-state index is 11.5. The van der Waals surface area contributed by atoms with Crippen LogP contribution in [-0.4, -0.2) is 20.2 Å². The number of nitrogens with one attached hydrogen (secondary N) is 1. The molecule has 0 heterocycles. The topological polar surface area (TPSA) is 55.4 Å². The minimum Gasteiger partial charge on any atom is -0.497 e. The zero-order valence-corrected chi connectivity index (χ0v) is 12.2. The lowest BCUT2D eigenvalue weighted by atomic mass is 10.1. The summed E-state index contributed by atoms with van der Waals surface area (Å²) in [6, 6.07) is 7.16. The molecule has 0 aliphatic carbocycles. The minimum atomic E-state index is -3.26. The highest BCUT2D eigenvalue weighted by atomic mass is 79.9. The lowest BCUT2D eigenvalue weighted by molar-refractivity contribution is 0.414. The van der Waals surface area contributed by atoms with Gasteiger partial charge in [0, 0.05) is 6.04 Å². The first-order valence-electron chi connectivity index (χ1n) is 5.22. The number of sulfonamides is 1. The molecule has 1 atom stereocenters. The zero-order chi connectivity index (χ0) is 12.9. The molecule has 1 rings (SSSR count). The Bertz CT molecular complexity index is 444. The summed E-state index contributed by atoms with van der Waals surface area (Å²) in [5.74, 6) is 0.756. The number of hydrogen-bond donors (Lipinski definition) is 1. The van der Waals surface area contributed by atoms with Gasteiger partial charge in [0.1, 0.15) is 10.4 Å². The Morgan fingerprint density at radius 2 is 1.94 bits per heavy atom. The number of halogens is 1. The van der Waals surface area contributed by atoms with E-state index in [1.54, 1.807) is 7.11 Å². The zero-order valence-electron chi connectivity index (χ0n) is 9.81. The molecular weight excluding hydrogens is 306 g/mol. The normalized spacial score (nSPS) is 13.4. The van der Waals surface area contributed by atoms with Crippen LogP contribution in [0.5, 0.6) is 5.75 Å². The molecule has 0 aromatic heterocycles. The fourth-order valence-electron chi connectivity index (χ4n) is 1.47. The smallest absolute Gasteiger partial charge is 0.222 e. The molecule has 0 bridgehead atoms. The molecule has 1 N–H and O–H groups in total. The summed E-state index contributed by atoms with van der Waals surface area (Å²) in [5, 5.41) is 0. The van der Waals surface area contributed by atoms with Crippen molar-refractivity contribution in [1.82, 2.24) is 4.72 Å². The summed E-state index contributed by atoms with van der Waals surface area (Å²) in [4.78, 5) is 0. The number of benzene rings is 1. The molecule has 0 saturated heterocycles. The number of methoxy groups -OCH3 is 1. The van der Waals surface area contributed by atoms with Crippen LogP contribution in [0.4, 0.5) is 0 Å². The second-order valence-electron chi connectivity index (χ2n) is 3.58. The predicted octanol–water partition coefficient (Wildman–Crippen LogP) is 2.42. The van der Waals surface area contributed by atoms with Gasteiger partial charge < -0.3 is 4.74 Å². The Morgan fingerprint density at radius 1 is 1.35 bits per heavy atom. The third-order valence-corrected chi connectivity index (χ3v) is 5.13. The average Bonchev–Trinajstić information content (AvgIpc) is 2.36. The molecular formula is C11H16BrNO3S. The van der Waals surface area contributed by atoms with Gasteiger partial charge in [-0.1, -0.05) is 35.0 Å². The van der Waals surface area contributed by atoms with Gasteiger partial charge in [0.05, 0.1) is 7.11 Å². The summed E-state index contributed by atoms with van der Waals surface area (Å²) in [6.07, 6.45) is 0.693. The van der Waals surface area contributed by atoms with E-state index in [0.29, 0.717) is 6.42 Å². The van der Waals surface area contributed by atoms with E-state index >= 15 is 0 Å². The van der Waals surface area contributed by atoms with Crippen molar-refractivity contribution in [3.05, 3.63) is 29.8 Å². The fraction of sp³-hybridized carbons (Fsp3) is 0.455. The highest BCUT2D eigenvalue weighted by Crippen LogP contribution is 2.21. The highest BCUT2D eigenvalue weighted by Gasteiger charge is 2.16. The van der Waals surface area contributed by atoms with Crippen LogP contribution < -0.4 is 9.46 Å². The van der Waals surface area contributed by atoms with Crippen molar-refractivity contribution in [3.8, 4) is 5.75 Å². The Labute approximate surface area is 111 Å². The Kier molecular flexibility index (Phi) is 5.42. The van der Waals surface area contributed by atoms with E-state index in [1.165, 1.54) is 0 Å². The van der Waals surface area contributed by atoms with Gasteiger partial charge in [0.2, 0.25) is 10.0 Å². The monoisotopic (exact) mass is 321 g/mol. The van der Waals surface area contributed by atoms with E-state index in [9.17, 15) is 8.42 Å². The van der Waals surface area contributed by atoms with Crippen LogP contribution in [0.15, 0.2) is 24.3 Å². The lowest BCUT2D eigenvalue weighted by Gasteiger charge is -2.16. The number of alkyl halides is 1. The molecule has 0 aliphatic heterocycles. The van der Waals surface area contributed by atoms with Crippen molar-refractivity contribution in [1.29, 1.82) is 0 Å². The van der Waals surface area contributed by atoms with Gasteiger partial charge >= 0.3 is 0 Å². The first-order chi connectivity index (χ1) is 8.02. The van der Waals surface area contributed by atoms with Crippen LogP contribution in [0, 0.1) is 0 Å². The molecule has 1 aromatic carbocycles. The van der Waals surface area contributed by atoms with Gasteiger partial charge in [-0.05, 0) is 24.1 Å². The molecule has 96 valence electrons. The van der Waals surface area contributed by atoms with E-state index in [4.69, 9.17) is 4.74 Å². The molecule has 1 unspecified atom stereocenters. The van der Waals surface area contributed by atoms with Crippen molar-refractivity contribution in [2.75, 3.05) is 11.8 Å². The van der Waals surface area contributed by atoms with E-state index in [-0.39, 0.29) is 10.7 Å². The summed E-state index contributed by atoms with van der Waals surface area (Å²) < 4.78 is 30.6. The second-order valence-corrected chi connectivity index (χ2v) is 6.63. The lowest BCUT2D eigenvalue weighted by Crippen LogP contribution is -2.28. The molecule has 17 heavy (non-hydrogen) atoms. The average molecular weight is 322 g/mol. The number of hydrogen-bond acceptors (Lipinski definition) is 3. The predicted molar refractivity (Wildman–Crippen MR) is 71.9 cm³/mol. The molecule has 4 nitrogen and oxygen atoms in total. The maximum Gasteiger partial charge on any atom is 0.222 e. The second kappa shape index (κ2) is 6.37. The van der Waals surface area contributed by atoms with Crippen molar-refractivity contribution in [2.45, 2.75) is 19.4 Å². The molecule has 0 saturated carbocycles. The molecule has 0 spiro atoms. The van der Waals surface area contributed by atoms with Crippen LogP contribution in [-0.2, 0) is 10.0 Å². The minimum absolute atomic E-state index is 0.0906. The third kappa shape index (κ3) is 4.29. The van der Waals surface area contributed by atoms with Gasteiger partial charge in [-0.2, -0.15) is 0 Å². The van der Waals surface area contributed by atoms with E-state index in [0.717, 1.165) is 11.3 Å². The maximum atomic E-state index is 11.5. The molecule has 0 aliphatic rings. The summed E-state index contributed by atoms with van der Waals surface area (Å²) in [7, 11) is -1.66. The van der Waals surface area contributed by atoms with Gasteiger partial charge in [0.25, 0.3) is 0 Å². The first kappa shape index (κ1) is 14.5. The van der Waals surface area contributed by atoms with Crippen molar-refractivity contribution < 1.29 is 13.2 Å². The van der Waals surface area contributed by atoms with Crippen LogP contribution in [0.2, 0.25) is 0 Å². The quantitative estimate of drug-likeness (QED) is 0.819. The Hall–Kier alpha value is -0.590.